The molecule has 1 rings (SSSR count). The molecule has 0 amide bonds. The molecule has 0 fully saturated rings. The van der Waals surface area contributed by atoms with Crippen LogP contribution in [0.2, 0.25) is 0 Å². The summed E-state index contributed by atoms with van der Waals surface area (Å²) in [6.07, 6.45) is 1.22. The van der Waals surface area contributed by atoms with Crippen LogP contribution in [-0.4, -0.2) is 16.3 Å². The van der Waals surface area contributed by atoms with Crippen LogP contribution in [0.25, 0.3) is 0 Å². The molecule has 11 heavy (non-hydrogen) atoms. The quantitative estimate of drug-likeness (QED) is 0.473. The van der Waals surface area contributed by atoms with Gasteiger partial charge in [0, 0.05) is 11.8 Å². The molecule has 0 aromatic carbocycles. The van der Waals surface area contributed by atoms with Crippen molar-refractivity contribution < 1.29 is 0 Å². The van der Waals surface area contributed by atoms with E-state index < -0.39 is 0 Å². The Balaban J connectivity index is 3.08. The average Bonchev–Trinajstić information content (AvgIpc) is 1.85. The highest BCUT2D eigenvalue weighted by Crippen LogP contribution is 2.07. The molecule has 0 saturated heterocycles. The van der Waals surface area contributed by atoms with Gasteiger partial charge in [-0.25, -0.2) is 15.0 Å². The van der Waals surface area contributed by atoms with Crippen LogP contribution in [0.1, 0.15) is 11.5 Å². The van der Waals surface area contributed by atoms with Crippen molar-refractivity contribution in [1.82, 2.24) is 9.97 Å². The first-order valence-electron chi connectivity index (χ1n) is 3.29. The van der Waals surface area contributed by atoms with Crippen LogP contribution >= 0.6 is 0 Å². The zero-order valence-corrected chi connectivity index (χ0v) is 6.57. The van der Waals surface area contributed by atoms with Gasteiger partial charge in [0.2, 0.25) is 0 Å². The fourth-order valence-corrected chi connectivity index (χ4v) is 0.840. The number of rotatable bonds is 1. The summed E-state index contributed by atoms with van der Waals surface area (Å²) in [5, 5.41) is 0. The predicted molar refractivity (Wildman–Crippen MR) is 43.8 cm³/mol. The van der Waals surface area contributed by atoms with Crippen LogP contribution in [0.4, 0.5) is 5.82 Å². The first-order valence-corrected chi connectivity index (χ1v) is 3.29. The van der Waals surface area contributed by atoms with E-state index in [1.807, 2.05) is 13.8 Å². The molecule has 58 valence electrons. The number of hydrogen-bond acceptors (Lipinski definition) is 3. The minimum Gasteiger partial charge on any atom is -0.390 e. The predicted octanol–water partition coefficient (Wildman–Crippen LogP) is 0.712. The average molecular weight is 150 g/mol. The first kappa shape index (κ1) is 7.65. The maximum atomic E-state index is 5.11. The molecule has 0 aliphatic rings. The van der Waals surface area contributed by atoms with Gasteiger partial charge >= 0.3 is 0 Å². The van der Waals surface area contributed by atoms with Crippen molar-refractivity contribution >= 4 is 12.2 Å². The van der Waals surface area contributed by atoms with Gasteiger partial charge in [-0.15, -0.1) is 0 Å². The van der Waals surface area contributed by atoms with E-state index in [1.54, 1.807) is 6.07 Å². The minimum atomic E-state index is 0.609. The number of hydrogen-bond donors (Lipinski definition) is 1. The molecule has 0 aliphatic heterocycles. The van der Waals surface area contributed by atoms with Crippen molar-refractivity contribution in [2.24, 2.45) is 10.7 Å². The van der Waals surface area contributed by atoms with Gasteiger partial charge < -0.3 is 5.73 Å². The lowest BCUT2D eigenvalue weighted by atomic mass is 10.4. The van der Waals surface area contributed by atoms with Crippen molar-refractivity contribution in [3.05, 3.63) is 17.6 Å². The van der Waals surface area contributed by atoms with Gasteiger partial charge in [0.15, 0.2) is 5.82 Å². The Morgan fingerprint density at radius 3 is 2.73 bits per heavy atom. The standard InChI is InChI=1S/C7H10N4/c1-5-3-7(9-4-8)11-6(2)10-5/h3-4H,1-2H3,(H2,8,9,10,11). The van der Waals surface area contributed by atoms with E-state index in [2.05, 4.69) is 15.0 Å². The van der Waals surface area contributed by atoms with E-state index in [0.29, 0.717) is 11.6 Å². The fourth-order valence-electron chi connectivity index (χ4n) is 0.840. The largest absolute Gasteiger partial charge is 0.390 e. The van der Waals surface area contributed by atoms with Gasteiger partial charge in [-0.05, 0) is 13.8 Å². The summed E-state index contributed by atoms with van der Waals surface area (Å²) >= 11 is 0. The summed E-state index contributed by atoms with van der Waals surface area (Å²) < 4.78 is 0. The number of aryl methyl sites for hydroxylation is 2. The molecular weight excluding hydrogens is 140 g/mol. The zero-order valence-electron chi connectivity index (χ0n) is 6.57. The first-order chi connectivity index (χ1) is 5.22. The zero-order chi connectivity index (χ0) is 8.27. The third kappa shape index (κ3) is 2.00. The summed E-state index contributed by atoms with van der Waals surface area (Å²) in [5.41, 5.74) is 6.01. The Labute approximate surface area is 65.2 Å². The Hall–Kier alpha value is -1.45. The molecule has 4 heteroatoms. The molecule has 4 nitrogen and oxygen atoms in total. The molecule has 0 bridgehead atoms. The van der Waals surface area contributed by atoms with E-state index >= 15 is 0 Å². The Morgan fingerprint density at radius 1 is 1.45 bits per heavy atom. The summed E-state index contributed by atoms with van der Waals surface area (Å²) in [5.74, 6) is 1.32. The molecule has 1 aromatic rings. The lowest BCUT2D eigenvalue weighted by molar-refractivity contribution is 1.01. The molecule has 0 aliphatic carbocycles. The number of nitrogens with zero attached hydrogens (tertiary/aromatic N) is 3. The minimum absolute atomic E-state index is 0.609. The van der Waals surface area contributed by atoms with Crippen molar-refractivity contribution in [1.29, 1.82) is 0 Å². The molecule has 2 N–H and O–H groups in total. The monoisotopic (exact) mass is 150 g/mol. The van der Waals surface area contributed by atoms with E-state index in [4.69, 9.17) is 5.73 Å². The maximum Gasteiger partial charge on any atom is 0.157 e. The third-order valence-electron chi connectivity index (χ3n) is 1.16. The lowest BCUT2D eigenvalue weighted by Gasteiger charge is -1.96. The van der Waals surface area contributed by atoms with Gasteiger partial charge in [-0.3, -0.25) is 0 Å². The van der Waals surface area contributed by atoms with Crippen molar-refractivity contribution in [2.75, 3.05) is 0 Å². The highest BCUT2D eigenvalue weighted by molar-refractivity contribution is 5.56. The van der Waals surface area contributed by atoms with Crippen molar-refractivity contribution in [3.8, 4) is 0 Å². The molecule has 0 radical (unpaired) electrons. The summed E-state index contributed by atoms with van der Waals surface area (Å²) in [6, 6.07) is 1.77. The van der Waals surface area contributed by atoms with E-state index in [0.717, 1.165) is 5.69 Å². The van der Waals surface area contributed by atoms with Crippen LogP contribution < -0.4 is 5.73 Å². The Bertz CT molecular complexity index is 260. The second-order valence-electron chi connectivity index (χ2n) is 2.19. The van der Waals surface area contributed by atoms with Gasteiger partial charge in [-0.2, -0.15) is 0 Å². The van der Waals surface area contributed by atoms with Crippen molar-refractivity contribution in [2.45, 2.75) is 13.8 Å². The summed E-state index contributed by atoms with van der Waals surface area (Å²) in [7, 11) is 0. The fraction of sp³-hybridized carbons (Fsp3) is 0.286. The Kier molecular flexibility index (Phi) is 2.15. The van der Waals surface area contributed by atoms with Crippen LogP contribution in [0.3, 0.4) is 0 Å². The van der Waals surface area contributed by atoms with E-state index in [1.165, 1.54) is 6.34 Å². The normalized spacial score (nSPS) is 10.7. The Morgan fingerprint density at radius 2 is 2.18 bits per heavy atom. The molecule has 0 spiro atoms. The lowest BCUT2D eigenvalue weighted by Crippen LogP contribution is -1.92. The summed E-state index contributed by atoms with van der Waals surface area (Å²) in [4.78, 5) is 12.0. The van der Waals surface area contributed by atoms with Gasteiger partial charge in [0.25, 0.3) is 0 Å². The van der Waals surface area contributed by atoms with Gasteiger partial charge in [0.1, 0.15) is 5.82 Å². The van der Waals surface area contributed by atoms with Gasteiger partial charge in [-0.1, -0.05) is 0 Å². The third-order valence-corrected chi connectivity index (χ3v) is 1.16. The van der Waals surface area contributed by atoms with E-state index in [-0.39, 0.29) is 0 Å². The molecule has 0 atom stereocenters. The smallest absolute Gasteiger partial charge is 0.157 e. The highest BCUT2D eigenvalue weighted by atomic mass is 15.0. The highest BCUT2D eigenvalue weighted by Gasteiger charge is 1.94. The second-order valence-corrected chi connectivity index (χ2v) is 2.19. The van der Waals surface area contributed by atoms with Crippen LogP contribution in [0.5, 0.6) is 0 Å². The van der Waals surface area contributed by atoms with Crippen LogP contribution in [0, 0.1) is 13.8 Å². The molecular formula is C7H10N4. The van der Waals surface area contributed by atoms with Crippen LogP contribution in [-0.2, 0) is 0 Å². The number of aliphatic imine (C=N–C) groups is 1. The van der Waals surface area contributed by atoms with Crippen LogP contribution in [0.15, 0.2) is 11.1 Å². The molecule has 0 unspecified atom stereocenters. The maximum absolute atomic E-state index is 5.11. The van der Waals surface area contributed by atoms with Crippen molar-refractivity contribution in [3.63, 3.8) is 0 Å². The SMILES string of the molecule is Cc1cc(N=CN)nc(C)n1. The summed E-state index contributed by atoms with van der Waals surface area (Å²) in [6.45, 7) is 3.72. The topological polar surface area (TPSA) is 64.2 Å². The number of nitrogens with two attached hydrogens (primary N) is 1. The molecule has 1 heterocycles. The van der Waals surface area contributed by atoms with Gasteiger partial charge in [0.05, 0.1) is 6.34 Å². The molecule has 1 aromatic heterocycles. The molecule has 0 saturated carbocycles. The number of aromatic nitrogens is 2. The van der Waals surface area contributed by atoms with E-state index in [9.17, 15) is 0 Å². The second kappa shape index (κ2) is 3.09.